The Morgan fingerprint density at radius 1 is 0.625 bits per heavy atom. The number of nitrogens with zero attached hydrogens (tertiary/aromatic N) is 10. The van der Waals surface area contributed by atoms with Crippen LogP contribution in [0.5, 0.6) is 17.4 Å². The van der Waals surface area contributed by atoms with Gasteiger partial charge in [-0.3, -0.25) is 27.4 Å². The van der Waals surface area contributed by atoms with Crippen LogP contribution >= 0.6 is 35.1 Å². The number of carbonyl (C=O) groups excluding carboxylic acids is 1. The summed E-state index contributed by atoms with van der Waals surface area (Å²) < 4.78 is 170. The fourth-order valence-corrected chi connectivity index (χ4v) is 12.7. The number of pyridine rings is 1. The van der Waals surface area contributed by atoms with E-state index in [2.05, 4.69) is 45.9 Å². The molecule has 7 rings (SSSR count). The number of azo groups is 4. The Balaban J connectivity index is 0.00000299. The van der Waals surface area contributed by atoms with E-state index in [1.54, 1.807) is 69.3 Å². The summed E-state index contributed by atoms with van der Waals surface area (Å²) in [6, 6.07) is 18.8. The van der Waals surface area contributed by atoms with Crippen molar-refractivity contribution in [1.82, 2.24) is 9.38 Å². The lowest BCUT2D eigenvalue weighted by Crippen LogP contribution is -2.15. The Hall–Kier alpha value is -7.43. The van der Waals surface area contributed by atoms with E-state index in [0.717, 1.165) is 11.5 Å². The van der Waals surface area contributed by atoms with E-state index in [0.29, 0.717) is 54.3 Å². The Labute approximate surface area is 517 Å². The van der Waals surface area contributed by atoms with Gasteiger partial charge in [0, 0.05) is 20.9 Å². The quantitative estimate of drug-likeness (QED) is 0.0127. The molecule has 0 aliphatic heterocycles. The molecule has 7 aromatic rings. The number of aromatic hydroxyl groups is 1. The highest BCUT2D eigenvalue weighted by molar-refractivity contribution is 7.99. The van der Waals surface area contributed by atoms with Gasteiger partial charge >= 0.3 is 10.6 Å². The standard InChI is InChI=1S/C50H52ClN11O16S6.O3S/c1-27-21-36(58-61-45-30(4)44(48(52)63)49-53-46-39(62(49)50(45)64)13-14-40(77-5)47(46)84(74,75)76)41(78-15-6-18-81(65,66)67)24-33(27)56-59-37-23-29(3)35(26-43(37)80-17-8-20-83(71,72)73)57-60-38-22-28(2)34(55-54-32-11-9-31(51)10-12-32)25-42(38)79-16-7-19-82(68,69)70;1-4(2)3/h9-14,21-26,64H,6-8,15-20H2,1-5H3,(H2,52,63)(H,65,66,67)(H,68,69,70)(H,71,72,73)(H,74,75,76);. The van der Waals surface area contributed by atoms with Crippen LogP contribution < -0.4 is 15.2 Å². The number of benzene rings is 5. The summed E-state index contributed by atoms with van der Waals surface area (Å²) in [6.07, 6.45) is -0.0410. The van der Waals surface area contributed by atoms with Crippen LogP contribution in [0.2, 0.25) is 5.02 Å². The summed E-state index contributed by atoms with van der Waals surface area (Å²) in [4.78, 5) is 17.5. The second-order valence-electron chi connectivity index (χ2n) is 18.5. The number of primary amides is 1. The molecule has 0 fully saturated rings. The Bertz CT molecular complexity index is 4570. The fourth-order valence-electron chi connectivity index (χ4n) is 7.97. The minimum absolute atomic E-state index is 0.0285. The maximum atomic E-state index is 13.0. The van der Waals surface area contributed by atoms with Crippen LogP contribution in [-0.2, 0) is 51.1 Å². The van der Waals surface area contributed by atoms with Crippen LogP contribution in [0.15, 0.2) is 128 Å². The molecule has 0 saturated heterocycles. The normalized spacial score (nSPS) is 12.5. The highest BCUT2D eigenvalue weighted by Crippen LogP contribution is 2.45. The first kappa shape index (κ1) is 69.7. The molecular formula is C50H52ClN11O19S7. The molecule has 0 bridgehead atoms. The third-order valence-electron chi connectivity index (χ3n) is 12.0. The van der Waals surface area contributed by atoms with Gasteiger partial charge in [0.1, 0.15) is 28.4 Å². The molecule has 7 N–H and O–H groups in total. The number of amides is 1. The number of fused-ring (bicyclic) bond motifs is 3. The predicted molar refractivity (Wildman–Crippen MR) is 325 cm³/mol. The van der Waals surface area contributed by atoms with Crippen molar-refractivity contribution in [3.05, 3.63) is 106 Å². The second-order valence-corrected chi connectivity index (χ2v) is 27.7. The molecule has 0 radical (unpaired) electrons. The fraction of sp³-hybridized carbons (Fsp3) is 0.280. The number of aromatic nitrogens is 2. The van der Waals surface area contributed by atoms with Crippen molar-refractivity contribution in [2.45, 2.75) is 61.6 Å². The summed E-state index contributed by atoms with van der Waals surface area (Å²) in [5, 5.41) is 47.8. The molecule has 470 valence electrons. The average Bonchev–Trinajstić information content (AvgIpc) is 1.56. The van der Waals surface area contributed by atoms with Crippen LogP contribution in [-0.4, -0.2) is 127 Å². The lowest BCUT2D eigenvalue weighted by Gasteiger charge is -2.13. The second kappa shape index (κ2) is 29.7. The zero-order valence-electron chi connectivity index (χ0n) is 46.5. The van der Waals surface area contributed by atoms with Gasteiger partial charge < -0.3 is 20.3 Å². The number of hydrogen-bond acceptors (Lipinski definition) is 26. The highest BCUT2D eigenvalue weighted by atomic mass is 35.5. The molecule has 0 atom stereocenters. The van der Waals surface area contributed by atoms with E-state index in [1.807, 2.05) is 0 Å². The monoisotopic (exact) mass is 1370 g/mol. The van der Waals surface area contributed by atoms with Crippen LogP contribution in [0.3, 0.4) is 0 Å². The number of imidazole rings is 1. The summed E-state index contributed by atoms with van der Waals surface area (Å²) in [7, 11) is -19.9. The minimum atomic E-state index is -5.00. The van der Waals surface area contributed by atoms with Crippen LogP contribution in [0.4, 0.5) is 45.5 Å². The minimum Gasteiger partial charge on any atom is -0.495 e. The average molecular weight is 1370 g/mol. The largest absolute Gasteiger partial charge is 0.495 e. The van der Waals surface area contributed by atoms with Crippen molar-refractivity contribution in [2.75, 3.05) is 42.5 Å². The van der Waals surface area contributed by atoms with Crippen molar-refractivity contribution in [1.29, 1.82) is 0 Å². The zero-order chi connectivity index (χ0) is 65.1. The summed E-state index contributed by atoms with van der Waals surface area (Å²) in [6.45, 7) is 6.23. The van der Waals surface area contributed by atoms with Gasteiger partial charge in [-0.2, -0.15) is 54.1 Å². The van der Waals surface area contributed by atoms with E-state index in [4.69, 9.17) is 39.4 Å². The number of methoxy groups -OCH3 is 1. The lowest BCUT2D eigenvalue weighted by atomic mass is 10.1. The summed E-state index contributed by atoms with van der Waals surface area (Å²) in [5.41, 5.74) is 8.17. The molecule has 5 aromatic carbocycles. The summed E-state index contributed by atoms with van der Waals surface area (Å²) in [5.74, 6) is -3.31. The van der Waals surface area contributed by atoms with Crippen molar-refractivity contribution < 1.29 is 83.9 Å². The molecule has 0 aliphatic carbocycles. The number of nitrogens with two attached hydrogens (primary N) is 1. The molecule has 88 heavy (non-hydrogen) atoms. The van der Waals surface area contributed by atoms with Gasteiger partial charge in [0.2, 0.25) is 5.88 Å². The van der Waals surface area contributed by atoms with Gasteiger partial charge in [-0.05, 0) is 147 Å². The molecular weight excluding hydrogens is 1320 g/mol. The molecule has 0 saturated carbocycles. The Morgan fingerprint density at radius 2 is 1.08 bits per heavy atom. The van der Waals surface area contributed by atoms with Crippen molar-refractivity contribution in [3.8, 4) is 17.4 Å². The topological polar surface area (TPSA) is 467 Å². The van der Waals surface area contributed by atoms with Gasteiger partial charge in [0.15, 0.2) is 10.5 Å². The molecule has 38 heteroatoms. The van der Waals surface area contributed by atoms with Crippen molar-refractivity contribution in [2.24, 2.45) is 46.6 Å². The van der Waals surface area contributed by atoms with Crippen LogP contribution in [0, 0.1) is 27.7 Å². The third-order valence-corrected chi connectivity index (χ3v) is 17.8. The van der Waals surface area contributed by atoms with Crippen LogP contribution in [0.25, 0.3) is 16.7 Å². The highest BCUT2D eigenvalue weighted by Gasteiger charge is 2.29. The SMILES string of the molecule is COc1ccc2c(nc3c(C(N)=O)c(C)c(N=Nc4cc(C)c(N=Nc5cc(C)c(N=Nc6cc(C)c(N=Nc7ccc(Cl)cc7)cc6SCCCS(=O)(=O)O)cc5SCCCS(=O)(=O)O)cc4OCCCS(=O)(=O)O)c(O)n32)c1S(=O)(=O)O.O=S(=O)=O. The number of thioether (sulfide) groups is 2. The van der Waals surface area contributed by atoms with E-state index in [1.165, 1.54) is 54.7 Å². The number of carbonyl (C=O) groups is 1. The van der Waals surface area contributed by atoms with Gasteiger partial charge in [-0.25, -0.2) is 4.98 Å². The number of aryl methyl sites for hydroxylation is 3. The van der Waals surface area contributed by atoms with E-state index in [9.17, 15) is 61.8 Å². The maximum absolute atomic E-state index is 13.0. The van der Waals surface area contributed by atoms with Gasteiger partial charge in [0.05, 0.1) is 76.2 Å². The predicted octanol–water partition coefficient (Wildman–Crippen LogP) is 11.5. The van der Waals surface area contributed by atoms with E-state index in [-0.39, 0.29) is 99.4 Å². The number of halogens is 1. The van der Waals surface area contributed by atoms with E-state index < -0.39 is 85.0 Å². The van der Waals surface area contributed by atoms with Gasteiger partial charge in [0.25, 0.3) is 46.4 Å². The first-order chi connectivity index (χ1) is 41.1. The first-order valence-corrected chi connectivity index (χ1v) is 34.6. The lowest BCUT2D eigenvalue weighted by molar-refractivity contribution is 0.100. The smallest absolute Gasteiger partial charge is 0.425 e. The third kappa shape index (κ3) is 19.5. The number of ether oxygens (including phenoxy) is 2. The number of rotatable bonds is 26. The zero-order valence-corrected chi connectivity index (χ0v) is 53.0. The molecule has 2 aromatic heterocycles. The molecule has 0 unspecified atom stereocenters. The Kier molecular flexibility index (Phi) is 23.5. The molecule has 0 spiro atoms. The summed E-state index contributed by atoms with van der Waals surface area (Å²) >= 11 is 8.47. The van der Waals surface area contributed by atoms with Crippen molar-refractivity contribution >= 4 is 154 Å². The molecule has 2 heterocycles. The van der Waals surface area contributed by atoms with Crippen molar-refractivity contribution in [3.63, 3.8) is 0 Å². The molecule has 1 amide bonds. The van der Waals surface area contributed by atoms with Crippen LogP contribution in [0.1, 0.15) is 51.9 Å². The molecule has 30 nitrogen and oxygen atoms in total. The Morgan fingerprint density at radius 3 is 1.56 bits per heavy atom. The van der Waals surface area contributed by atoms with Gasteiger partial charge in [-0.15, -0.1) is 56.6 Å². The maximum Gasteiger partial charge on any atom is 0.425 e. The molecule has 0 aliphatic rings. The first-order valence-electron chi connectivity index (χ1n) is 25.0. The van der Waals surface area contributed by atoms with Gasteiger partial charge in [-0.1, -0.05) is 11.6 Å². The number of hydrogen-bond donors (Lipinski definition) is 6. The van der Waals surface area contributed by atoms with E-state index >= 15 is 0 Å².